The van der Waals surface area contributed by atoms with Crippen LogP contribution in [0.3, 0.4) is 0 Å². The molecule has 0 aliphatic carbocycles. The van der Waals surface area contributed by atoms with E-state index in [2.05, 4.69) is 11.9 Å². The molecule has 0 atom stereocenters. The summed E-state index contributed by atoms with van der Waals surface area (Å²) in [4.78, 5) is 41.1. The van der Waals surface area contributed by atoms with Gasteiger partial charge in [0, 0.05) is 43.0 Å². The largest absolute Gasteiger partial charge is 0.326 e. The molecule has 0 spiro atoms. The van der Waals surface area contributed by atoms with Gasteiger partial charge in [-0.15, -0.1) is 0 Å². The fraction of sp³-hybridized carbons (Fsp3) is 0.148. The molecule has 0 saturated heterocycles. The fourth-order valence-electron chi connectivity index (χ4n) is 3.39. The molecule has 33 heavy (non-hydrogen) atoms. The number of nitrogens with zero attached hydrogens (tertiary/aromatic N) is 2. The lowest BCUT2D eigenvalue weighted by Gasteiger charge is -2.25. The quantitative estimate of drug-likeness (QED) is 0.465. The zero-order valence-corrected chi connectivity index (χ0v) is 18.4. The van der Waals surface area contributed by atoms with Gasteiger partial charge in [-0.2, -0.15) is 0 Å². The Kier molecular flexibility index (Phi) is 8.54. The van der Waals surface area contributed by atoms with E-state index in [9.17, 15) is 14.4 Å². The van der Waals surface area contributed by atoms with Gasteiger partial charge in [-0.1, -0.05) is 61.2 Å². The van der Waals surface area contributed by atoms with Crippen LogP contribution in [0.1, 0.15) is 12.8 Å². The molecule has 6 heteroatoms. The Hall–Kier alpha value is -4.19. The lowest BCUT2D eigenvalue weighted by molar-refractivity contribution is -0.118. The summed E-state index contributed by atoms with van der Waals surface area (Å²) in [5.41, 5.74) is 2.11. The van der Waals surface area contributed by atoms with E-state index < -0.39 is 0 Å². The number of nitrogens with one attached hydrogen (secondary N) is 1. The number of benzene rings is 3. The second kappa shape index (κ2) is 12.0. The summed E-state index contributed by atoms with van der Waals surface area (Å²) in [6.07, 6.45) is 1.48. The first-order valence-corrected chi connectivity index (χ1v) is 10.8. The van der Waals surface area contributed by atoms with E-state index in [-0.39, 0.29) is 43.7 Å². The molecular formula is C27H27N3O3. The third-order valence-electron chi connectivity index (χ3n) is 5.05. The first-order chi connectivity index (χ1) is 16.1. The number of amides is 3. The van der Waals surface area contributed by atoms with Crippen LogP contribution in [-0.4, -0.2) is 30.8 Å². The Bertz CT molecular complexity index is 1070. The number of hydrogen-bond donors (Lipinski definition) is 1. The van der Waals surface area contributed by atoms with Gasteiger partial charge < -0.3 is 15.1 Å². The molecule has 6 nitrogen and oxygen atoms in total. The Labute approximate surface area is 194 Å². The van der Waals surface area contributed by atoms with Crippen molar-refractivity contribution in [1.29, 1.82) is 0 Å². The average Bonchev–Trinajstić information content (AvgIpc) is 2.86. The molecule has 0 unspecified atom stereocenters. The Morgan fingerprint density at radius 2 is 1.18 bits per heavy atom. The molecular weight excluding hydrogens is 414 g/mol. The molecule has 3 rings (SSSR count). The van der Waals surface area contributed by atoms with E-state index in [0.29, 0.717) is 17.1 Å². The van der Waals surface area contributed by atoms with Gasteiger partial charge in [0.25, 0.3) is 0 Å². The smallest absolute Gasteiger partial charge is 0.250 e. The molecule has 0 aliphatic heterocycles. The van der Waals surface area contributed by atoms with Crippen molar-refractivity contribution in [2.45, 2.75) is 12.8 Å². The van der Waals surface area contributed by atoms with Gasteiger partial charge in [0.15, 0.2) is 0 Å². The van der Waals surface area contributed by atoms with Crippen LogP contribution in [0.4, 0.5) is 17.1 Å². The van der Waals surface area contributed by atoms with Crippen molar-refractivity contribution in [3.05, 3.63) is 104 Å². The Morgan fingerprint density at radius 3 is 1.73 bits per heavy atom. The van der Waals surface area contributed by atoms with Crippen LogP contribution >= 0.6 is 0 Å². The van der Waals surface area contributed by atoms with Crippen LogP contribution in [0.25, 0.3) is 0 Å². The van der Waals surface area contributed by atoms with Crippen molar-refractivity contribution < 1.29 is 14.4 Å². The van der Waals surface area contributed by atoms with Crippen LogP contribution in [0, 0.1) is 0 Å². The summed E-state index contributed by atoms with van der Waals surface area (Å²) in [6.45, 7) is 4.00. The molecule has 3 amide bonds. The Balaban J connectivity index is 1.68. The van der Waals surface area contributed by atoms with Gasteiger partial charge in [-0.05, 0) is 42.5 Å². The van der Waals surface area contributed by atoms with E-state index in [1.54, 1.807) is 4.90 Å². The number of hydrogen-bond acceptors (Lipinski definition) is 3. The SMILES string of the molecule is C=CC(=O)N(CCC(=O)N(CCC(=O)Nc1ccccc1)c1ccccc1)c1ccccc1. The van der Waals surface area contributed by atoms with Crippen LogP contribution < -0.4 is 15.1 Å². The van der Waals surface area contributed by atoms with E-state index in [0.717, 1.165) is 0 Å². The summed E-state index contributed by atoms with van der Waals surface area (Å²) in [7, 11) is 0. The summed E-state index contributed by atoms with van der Waals surface area (Å²) in [5.74, 6) is -0.628. The van der Waals surface area contributed by atoms with Crippen molar-refractivity contribution >= 4 is 34.8 Å². The first kappa shape index (κ1) is 23.5. The molecule has 0 radical (unpaired) electrons. The topological polar surface area (TPSA) is 69.7 Å². The van der Waals surface area contributed by atoms with E-state index >= 15 is 0 Å². The molecule has 0 aliphatic rings. The highest BCUT2D eigenvalue weighted by Gasteiger charge is 2.20. The van der Waals surface area contributed by atoms with Crippen molar-refractivity contribution in [3.8, 4) is 0 Å². The van der Waals surface area contributed by atoms with E-state index in [4.69, 9.17) is 0 Å². The molecule has 0 fully saturated rings. The number of carbonyl (C=O) groups is 3. The second-order valence-electron chi connectivity index (χ2n) is 7.32. The zero-order chi connectivity index (χ0) is 23.5. The highest BCUT2D eigenvalue weighted by molar-refractivity contribution is 6.02. The summed E-state index contributed by atoms with van der Waals surface area (Å²) < 4.78 is 0. The number of rotatable bonds is 10. The van der Waals surface area contributed by atoms with Crippen LogP contribution in [0.15, 0.2) is 104 Å². The highest BCUT2D eigenvalue weighted by atomic mass is 16.2. The first-order valence-electron chi connectivity index (χ1n) is 10.8. The third kappa shape index (κ3) is 6.90. The van der Waals surface area contributed by atoms with Gasteiger partial charge in [-0.3, -0.25) is 14.4 Å². The maximum absolute atomic E-state index is 13.2. The summed E-state index contributed by atoms with van der Waals surface area (Å²) in [5, 5.41) is 2.84. The summed E-state index contributed by atoms with van der Waals surface area (Å²) >= 11 is 0. The van der Waals surface area contributed by atoms with Crippen molar-refractivity contribution in [2.24, 2.45) is 0 Å². The minimum absolute atomic E-state index is 0.101. The van der Waals surface area contributed by atoms with Crippen molar-refractivity contribution in [3.63, 3.8) is 0 Å². The third-order valence-corrected chi connectivity index (χ3v) is 5.05. The molecule has 3 aromatic rings. The normalized spacial score (nSPS) is 10.2. The fourth-order valence-corrected chi connectivity index (χ4v) is 3.39. The lowest BCUT2D eigenvalue weighted by atomic mass is 10.2. The Morgan fingerprint density at radius 1 is 0.697 bits per heavy atom. The maximum atomic E-state index is 13.2. The predicted octanol–water partition coefficient (Wildman–Crippen LogP) is 4.66. The zero-order valence-electron chi connectivity index (χ0n) is 18.4. The maximum Gasteiger partial charge on any atom is 0.250 e. The van der Waals surface area contributed by atoms with E-state index in [1.165, 1.54) is 11.0 Å². The summed E-state index contributed by atoms with van der Waals surface area (Å²) in [6, 6.07) is 27.6. The molecule has 0 saturated carbocycles. The average molecular weight is 442 g/mol. The number of para-hydroxylation sites is 3. The minimum Gasteiger partial charge on any atom is -0.326 e. The van der Waals surface area contributed by atoms with Crippen molar-refractivity contribution in [2.75, 3.05) is 28.2 Å². The van der Waals surface area contributed by atoms with Crippen LogP contribution in [-0.2, 0) is 14.4 Å². The molecule has 3 aromatic carbocycles. The molecule has 0 aromatic heterocycles. The standard InChI is InChI=1S/C27H27N3O3/c1-2-26(32)29(23-14-8-4-9-15-23)21-19-27(33)30(24-16-10-5-11-17-24)20-18-25(31)28-22-12-6-3-7-13-22/h2-17H,1,18-21H2,(H,28,31). The van der Waals surface area contributed by atoms with Gasteiger partial charge in [0.05, 0.1) is 0 Å². The molecule has 0 heterocycles. The minimum atomic E-state index is -0.275. The van der Waals surface area contributed by atoms with Gasteiger partial charge >= 0.3 is 0 Å². The highest BCUT2D eigenvalue weighted by Crippen LogP contribution is 2.18. The molecule has 168 valence electrons. The number of anilines is 3. The van der Waals surface area contributed by atoms with Gasteiger partial charge in [-0.25, -0.2) is 0 Å². The molecule has 1 N–H and O–H groups in total. The van der Waals surface area contributed by atoms with Gasteiger partial charge in [0.2, 0.25) is 17.7 Å². The second-order valence-corrected chi connectivity index (χ2v) is 7.32. The monoisotopic (exact) mass is 441 g/mol. The predicted molar refractivity (Wildman–Crippen MR) is 132 cm³/mol. The molecule has 0 bridgehead atoms. The van der Waals surface area contributed by atoms with Crippen LogP contribution in [0.5, 0.6) is 0 Å². The number of carbonyl (C=O) groups excluding carboxylic acids is 3. The van der Waals surface area contributed by atoms with Crippen molar-refractivity contribution in [1.82, 2.24) is 0 Å². The van der Waals surface area contributed by atoms with Gasteiger partial charge in [0.1, 0.15) is 0 Å². The van der Waals surface area contributed by atoms with Crippen LogP contribution in [0.2, 0.25) is 0 Å². The lowest BCUT2D eigenvalue weighted by Crippen LogP contribution is -2.38. The van der Waals surface area contributed by atoms with E-state index in [1.807, 2.05) is 91.0 Å².